The van der Waals surface area contributed by atoms with Gasteiger partial charge in [0.25, 0.3) is 0 Å². The topological polar surface area (TPSA) is 67.4 Å². The van der Waals surface area contributed by atoms with Crippen LogP contribution in [0, 0.1) is 0 Å². The third-order valence-corrected chi connectivity index (χ3v) is 3.73. The summed E-state index contributed by atoms with van der Waals surface area (Å²) in [5, 5.41) is 5.23. The smallest absolute Gasteiger partial charge is 0.422 e. The van der Waals surface area contributed by atoms with Crippen molar-refractivity contribution in [3.05, 3.63) is 24.3 Å². The van der Waals surface area contributed by atoms with Crippen molar-refractivity contribution in [1.29, 1.82) is 0 Å². The van der Waals surface area contributed by atoms with E-state index in [0.717, 1.165) is 0 Å². The standard InChI is InChI=1S/C16H21F3N2O3S/c1-3-14(22)21-13(7-8-25-2)15(23)20-11-5-4-6-12(9-11)24-10-16(17,18)19/h4-6,9,13H,3,7-8,10H2,1-2H3,(H,20,23)(H,21,22)/t13-/m0/s1. The fraction of sp³-hybridized carbons (Fsp3) is 0.500. The van der Waals surface area contributed by atoms with E-state index >= 15 is 0 Å². The van der Waals surface area contributed by atoms with E-state index in [2.05, 4.69) is 15.4 Å². The number of carbonyl (C=O) groups excluding carboxylic acids is 2. The van der Waals surface area contributed by atoms with Crippen LogP contribution in [0.5, 0.6) is 5.75 Å². The second-order valence-corrected chi connectivity index (χ2v) is 6.16. The van der Waals surface area contributed by atoms with Crippen molar-refractivity contribution in [2.24, 2.45) is 0 Å². The molecule has 0 spiro atoms. The molecule has 0 aliphatic heterocycles. The number of benzene rings is 1. The Labute approximate surface area is 148 Å². The normalized spacial score (nSPS) is 12.4. The zero-order valence-electron chi connectivity index (χ0n) is 14.0. The first-order chi connectivity index (χ1) is 11.7. The first kappa shape index (κ1) is 21.1. The molecule has 0 aliphatic rings. The highest BCUT2D eigenvalue weighted by atomic mass is 32.2. The second-order valence-electron chi connectivity index (χ2n) is 5.18. The molecule has 140 valence electrons. The molecule has 0 aromatic heterocycles. The monoisotopic (exact) mass is 378 g/mol. The summed E-state index contributed by atoms with van der Waals surface area (Å²) in [6.07, 6.45) is -1.85. The highest BCUT2D eigenvalue weighted by Crippen LogP contribution is 2.21. The van der Waals surface area contributed by atoms with Gasteiger partial charge in [-0.3, -0.25) is 9.59 Å². The number of thioether (sulfide) groups is 1. The molecule has 25 heavy (non-hydrogen) atoms. The molecule has 0 fully saturated rings. The van der Waals surface area contributed by atoms with E-state index in [1.165, 1.54) is 24.3 Å². The molecular formula is C16H21F3N2O3S. The summed E-state index contributed by atoms with van der Waals surface area (Å²) in [6.45, 7) is 0.271. The van der Waals surface area contributed by atoms with E-state index in [0.29, 0.717) is 17.9 Å². The zero-order valence-corrected chi connectivity index (χ0v) is 14.8. The molecule has 1 aromatic carbocycles. The molecule has 0 saturated heterocycles. The molecule has 2 amide bonds. The predicted octanol–water partition coefficient (Wildman–Crippen LogP) is 3.21. The SMILES string of the molecule is CCC(=O)N[C@@H](CCSC)C(=O)Nc1cccc(OCC(F)(F)F)c1. The molecule has 0 aliphatic carbocycles. The number of nitrogens with one attached hydrogen (secondary N) is 2. The quantitative estimate of drug-likeness (QED) is 0.692. The Bertz CT molecular complexity index is 582. The van der Waals surface area contributed by atoms with Gasteiger partial charge in [0.05, 0.1) is 0 Å². The molecule has 0 radical (unpaired) electrons. The third-order valence-electron chi connectivity index (χ3n) is 3.09. The number of anilines is 1. The van der Waals surface area contributed by atoms with Crippen molar-refractivity contribution in [2.45, 2.75) is 32.0 Å². The lowest BCUT2D eigenvalue weighted by molar-refractivity contribution is -0.153. The van der Waals surface area contributed by atoms with Gasteiger partial charge in [-0.25, -0.2) is 0 Å². The number of rotatable bonds is 9. The molecular weight excluding hydrogens is 357 g/mol. The van der Waals surface area contributed by atoms with Gasteiger partial charge in [-0.15, -0.1) is 0 Å². The van der Waals surface area contributed by atoms with Gasteiger partial charge < -0.3 is 15.4 Å². The number of amides is 2. The van der Waals surface area contributed by atoms with Crippen molar-refractivity contribution in [3.8, 4) is 5.75 Å². The fourth-order valence-corrected chi connectivity index (χ4v) is 2.33. The Morgan fingerprint density at radius 3 is 2.64 bits per heavy atom. The minimum absolute atomic E-state index is 0.00613. The summed E-state index contributed by atoms with van der Waals surface area (Å²) in [5.74, 6) is -0.00250. The molecule has 0 saturated carbocycles. The number of hydrogen-bond acceptors (Lipinski definition) is 4. The van der Waals surface area contributed by atoms with E-state index in [4.69, 9.17) is 0 Å². The van der Waals surface area contributed by atoms with Crippen LogP contribution < -0.4 is 15.4 Å². The van der Waals surface area contributed by atoms with E-state index in [1.54, 1.807) is 18.7 Å². The molecule has 9 heteroatoms. The third kappa shape index (κ3) is 8.67. The van der Waals surface area contributed by atoms with E-state index < -0.39 is 24.7 Å². The van der Waals surface area contributed by atoms with Gasteiger partial charge in [0.15, 0.2) is 6.61 Å². The zero-order chi connectivity index (χ0) is 18.9. The molecule has 1 aromatic rings. The molecule has 2 N–H and O–H groups in total. The van der Waals surface area contributed by atoms with E-state index in [9.17, 15) is 22.8 Å². The first-order valence-electron chi connectivity index (χ1n) is 7.64. The summed E-state index contributed by atoms with van der Waals surface area (Å²) in [4.78, 5) is 23.9. The molecule has 0 bridgehead atoms. The Morgan fingerprint density at radius 2 is 2.04 bits per heavy atom. The van der Waals surface area contributed by atoms with Crippen LogP contribution >= 0.6 is 11.8 Å². The maximum Gasteiger partial charge on any atom is 0.422 e. The Hall–Kier alpha value is -1.90. The maximum absolute atomic E-state index is 12.3. The van der Waals surface area contributed by atoms with Crippen molar-refractivity contribution in [1.82, 2.24) is 5.32 Å². The Morgan fingerprint density at radius 1 is 1.32 bits per heavy atom. The Balaban J connectivity index is 2.73. The largest absolute Gasteiger partial charge is 0.484 e. The lowest BCUT2D eigenvalue weighted by atomic mass is 10.2. The second kappa shape index (κ2) is 10.2. The van der Waals surface area contributed by atoms with Crippen LogP contribution in [-0.2, 0) is 9.59 Å². The van der Waals surface area contributed by atoms with Gasteiger partial charge >= 0.3 is 6.18 Å². The predicted molar refractivity (Wildman–Crippen MR) is 91.8 cm³/mol. The first-order valence-corrected chi connectivity index (χ1v) is 9.03. The molecule has 0 heterocycles. The summed E-state index contributed by atoms with van der Waals surface area (Å²) in [5.41, 5.74) is 0.296. The average Bonchev–Trinajstić information content (AvgIpc) is 2.56. The lowest BCUT2D eigenvalue weighted by Crippen LogP contribution is -2.44. The van der Waals surface area contributed by atoms with Crippen LogP contribution in [0.4, 0.5) is 18.9 Å². The van der Waals surface area contributed by atoms with E-state index in [-0.39, 0.29) is 18.1 Å². The number of ether oxygens (including phenoxy) is 1. The van der Waals surface area contributed by atoms with Crippen LogP contribution in [-0.4, -0.2) is 42.6 Å². The van der Waals surface area contributed by atoms with Gasteiger partial charge in [0.1, 0.15) is 11.8 Å². The van der Waals surface area contributed by atoms with Crippen molar-refractivity contribution in [3.63, 3.8) is 0 Å². The maximum atomic E-state index is 12.3. The van der Waals surface area contributed by atoms with Gasteiger partial charge in [0.2, 0.25) is 11.8 Å². The van der Waals surface area contributed by atoms with Crippen LogP contribution in [0.2, 0.25) is 0 Å². The molecule has 5 nitrogen and oxygen atoms in total. The summed E-state index contributed by atoms with van der Waals surface area (Å²) < 4.78 is 41.2. The molecule has 0 unspecified atom stereocenters. The van der Waals surface area contributed by atoms with Crippen LogP contribution in [0.1, 0.15) is 19.8 Å². The summed E-state index contributed by atoms with van der Waals surface area (Å²) in [6, 6.07) is 4.97. The van der Waals surface area contributed by atoms with Gasteiger partial charge in [-0.05, 0) is 30.6 Å². The number of alkyl halides is 3. The number of carbonyl (C=O) groups is 2. The molecule has 1 atom stereocenters. The number of hydrogen-bond donors (Lipinski definition) is 2. The van der Waals surface area contributed by atoms with Crippen LogP contribution in [0.3, 0.4) is 0 Å². The van der Waals surface area contributed by atoms with Crippen LogP contribution in [0.25, 0.3) is 0 Å². The number of halogens is 3. The highest BCUT2D eigenvalue weighted by Gasteiger charge is 2.28. The summed E-state index contributed by atoms with van der Waals surface area (Å²) >= 11 is 1.54. The minimum atomic E-state index is -4.44. The van der Waals surface area contributed by atoms with Gasteiger partial charge in [0, 0.05) is 18.2 Å². The van der Waals surface area contributed by atoms with E-state index in [1.807, 2.05) is 6.26 Å². The minimum Gasteiger partial charge on any atom is -0.484 e. The van der Waals surface area contributed by atoms with Crippen molar-refractivity contribution >= 4 is 29.3 Å². The van der Waals surface area contributed by atoms with Crippen molar-refractivity contribution in [2.75, 3.05) is 23.9 Å². The molecule has 1 rings (SSSR count). The Kier molecular flexibility index (Phi) is 8.60. The van der Waals surface area contributed by atoms with Crippen LogP contribution in [0.15, 0.2) is 24.3 Å². The van der Waals surface area contributed by atoms with Gasteiger partial charge in [-0.2, -0.15) is 24.9 Å². The average molecular weight is 378 g/mol. The van der Waals surface area contributed by atoms with Gasteiger partial charge in [-0.1, -0.05) is 13.0 Å². The fourth-order valence-electron chi connectivity index (χ4n) is 1.86. The highest BCUT2D eigenvalue weighted by molar-refractivity contribution is 7.98. The summed E-state index contributed by atoms with van der Waals surface area (Å²) in [7, 11) is 0. The van der Waals surface area contributed by atoms with Crippen molar-refractivity contribution < 1.29 is 27.5 Å². The lowest BCUT2D eigenvalue weighted by Gasteiger charge is -2.18.